The highest BCUT2D eigenvalue weighted by atomic mass is 31.0. The fraction of sp³-hybridized carbons (Fsp3) is 0.579. The normalized spacial score (nSPS) is 15.3. The molecule has 1 heterocycles. The highest BCUT2D eigenvalue weighted by molar-refractivity contribution is 7.40. The lowest BCUT2D eigenvalue weighted by molar-refractivity contribution is -0.137. The third-order valence-corrected chi connectivity index (χ3v) is 4.96. The van der Waals surface area contributed by atoms with E-state index in [1.54, 1.807) is 13.8 Å². The third-order valence-electron chi connectivity index (χ3n) is 4.46. The van der Waals surface area contributed by atoms with Crippen molar-refractivity contribution in [3.63, 3.8) is 0 Å². The Balaban J connectivity index is 2.16. The summed E-state index contributed by atoms with van der Waals surface area (Å²) < 4.78 is 0. The number of imide groups is 1. The van der Waals surface area contributed by atoms with Gasteiger partial charge in [-0.2, -0.15) is 0 Å². The van der Waals surface area contributed by atoms with Gasteiger partial charge in [0, 0.05) is 37.6 Å². The van der Waals surface area contributed by atoms with Gasteiger partial charge in [0.15, 0.2) is 5.52 Å². The summed E-state index contributed by atoms with van der Waals surface area (Å²) in [6.45, 7) is 4.91. The first kappa shape index (κ1) is 25.4. The predicted molar refractivity (Wildman–Crippen MR) is 112 cm³/mol. The number of hydrogen-bond acceptors (Lipinski definition) is 6. The van der Waals surface area contributed by atoms with Gasteiger partial charge in [-0.15, -0.1) is 0 Å². The lowest BCUT2D eigenvalue weighted by Gasteiger charge is -2.16. The third kappa shape index (κ3) is 8.41. The van der Waals surface area contributed by atoms with Gasteiger partial charge in [-0.1, -0.05) is 9.24 Å². The van der Waals surface area contributed by atoms with Crippen molar-refractivity contribution in [1.82, 2.24) is 20.9 Å². The Kier molecular flexibility index (Phi) is 10.3. The molecule has 0 aromatic rings. The standard InChI is InChI=1S/C19H29N4O6P/c1-11-10-16(26)23(18(11)28)9-8-20-14(24)6-4-5-7-15(25)21-12(2)17(27)22-13(3)19(29)30/h10,12-13H,4-9,30H2,1-3H3,(H,20,24)(H,21,25)(H,22,27). The Morgan fingerprint density at radius 2 is 1.60 bits per heavy atom. The molecule has 1 aliphatic rings. The molecule has 0 saturated heterocycles. The van der Waals surface area contributed by atoms with E-state index in [9.17, 15) is 28.8 Å². The van der Waals surface area contributed by atoms with Gasteiger partial charge in [0.1, 0.15) is 6.04 Å². The number of nitrogens with zero attached hydrogens (tertiary/aromatic N) is 1. The molecule has 0 aliphatic carbocycles. The molecule has 0 aromatic carbocycles. The lowest BCUT2D eigenvalue weighted by Crippen LogP contribution is -2.48. The molecule has 10 nitrogen and oxygen atoms in total. The molecular formula is C19H29N4O6P. The zero-order valence-corrected chi connectivity index (χ0v) is 18.6. The zero-order valence-electron chi connectivity index (χ0n) is 17.4. The summed E-state index contributed by atoms with van der Waals surface area (Å²) in [5.74, 6) is -1.74. The van der Waals surface area contributed by atoms with Crippen LogP contribution < -0.4 is 16.0 Å². The van der Waals surface area contributed by atoms with Crippen LogP contribution >= 0.6 is 9.24 Å². The van der Waals surface area contributed by atoms with E-state index in [-0.39, 0.29) is 55.1 Å². The number of nitrogens with one attached hydrogen (secondary N) is 3. The van der Waals surface area contributed by atoms with Gasteiger partial charge in [0.25, 0.3) is 11.8 Å². The smallest absolute Gasteiger partial charge is 0.256 e. The molecule has 0 bridgehead atoms. The summed E-state index contributed by atoms with van der Waals surface area (Å²) in [5, 5.41) is 7.67. The molecule has 1 rings (SSSR count). The van der Waals surface area contributed by atoms with Crippen molar-refractivity contribution in [2.45, 2.75) is 58.5 Å². The average Bonchev–Trinajstić information content (AvgIpc) is 2.90. The van der Waals surface area contributed by atoms with Gasteiger partial charge < -0.3 is 16.0 Å². The second-order valence-corrected chi connectivity index (χ2v) is 7.67. The number of carbonyl (C=O) groups is 6. The Hall–Kier alpha value is -2.61. The van der Waals surface area contributed by atoms with Crippen molar-refractivity contribution in [2.24, 2.45) is 0 Å². The van der Waals surface area contributed by atoms with Crippen LogP contribution in [0.25, 0.3) is 0 Å². The van der Waals surface area contributed by atoms with Gasteiger partial charge in [-0.05, 0) is 33.6 Å². The van der Waals surface area contributed by atoms with Crippen molar-refractivity contribution in [3.05, 3.63) is 11.6 Å². The van der Waals surface area contributed by atoms with Crippen LogP contribution in [0.5, 0.6) is 0 Å². The summed E-state index contributed by atoms with van der Waals surface area (Å²) in [7, 11) is 1.98. The van der Waals surface area contributed by atoms with E-state index < -0.39 is 18.0 Å². The number of unbranched alkanes of at least 4 members (excludes halogenated alkanes) is 1. The number of amides is 5. The van der Waals surface area contributed by atoms with Gasteiger partial charge in [-0.25, -0.2) is 0 Å². The van der Waals surface area contributed by atoms with Crippen molar-refractivity contribution < 1.29 is 28.8 Å². The van der Waals surface area contributed by atoms with E-state index in [2.05, 4.69) is 16.0 Å². The van der Waals surface area contributed by atoms with E-state index in [4.69, 9.17) is 0 Å². The Morgan fingerprint density at radius 1 is 1.00 bits per heavy atom. The van der Waals surface area contributed by atoms with E-state index in [1.165, 1.54) is 13.0 Å². The summed E-state index contributed by atoms with van der Waals surface area (Å²) in [6.07, 6.45) is 2.56. The Morgan fingerprint density at radius 3 is 2.13 bits per heavy atom. The second kappa shape index (κ2) is 12.2. The Bertz CT molecular complexity index is 751. The molecule has 0 fully saturated rings. The molecule has 0 radical (unpaired) electrons. The molecule has 3 atom stereocenters. The number of rotatable bonds is 12. The van der Waals surface area contributed by atoms with Gasteiger partial charge >= 0.3 is 0 Å². The average molecular weight is 440 g/mol. The van der Waals surface area contributed by atoms with Crippen LogP contribution in [0.1, 0.15) is 46.5 Å². The van der Waals surface area contributed by atoms with Crippen molar-refractivity contribution in [2.75, 3.05) is 13.1 Å². The van der Waals surface area contributed by atoms with E-state index in [0.29, 0.717) is 18.4 Å². The summed E-state index contributed by atoms with van der Waals surface area (Å²) in [6, 6.07) is -1.43. The molecule has 166 valence electrons. The minimum atomic E-state index is -0.776. The van der Waals surface area contributed by atoms with Crippen molar-refractivity contribution in [1.29, 1.82) is 0 Å². The first-order valence-corrected chi connectivity index (χ1v) is 10.3. The van der Waals surface area contributed by atoms with Gasteiger partial charge in [0.2, 0.25) is 17.7 Å². The second-order valence-electron chi connectivity index (χ2n) is 7.10. The van der Waals surface area contributed by atoms with Crippen LogP contribution in [0.15, 0.2) is 11.6 Å². The van der Waals surface area contributed by atoms with E-state index >= 15 is 0 Å². The summed E-state index contributed by atoms with van der Waals surface area (Å²) in [4.78, 5) is 71.1. The largest absolute Gasteiger partial charge is 0.354 e. The Labute approximate surface area is 177 Å². The molecule has 0 spiro atoms. The fourth-order valence-corrected chi connectivity index (χ4v) is 2.69. The summed E-state index contributed by atoms with van der Waals surface area (Å²) >= 11 is 0. The minimum Gasteiger partial charge on any atom is -0.354 e. The maximum absolute atomic E-state index is 11.9. The van der Waals surface area contributed by atoms with Crippen LogP contribution in [0.4, 0.5) is 0 Å². The molecule has 0 aromatic heterocycles. The summed E-state index contributed by atoms with van der Waals surface area (Å²) in [5.41, 5.74) is 0.120. The fourth-order valence-electron chi connectivity index (χ4n) is 2.60. The molecular weight excluding hydrogens is 411 g/mol. The maximum Gasteiger partial charge on any atom is 0.256 e. The van der Waals surface area contributed by atoms with Gasteiger partial charge in [0.05, 0.1) is 6.04 Å². The zero-order chi connectivity index (χ0) is 22.8. The molecule has 30 heavy (non-hydrogen) atoms. The van der Waals surface area contributed by atoms with Crippen LogP contribution in [-0.4, -0.2) is 65.1 Å². The quantitative estimate of drug-likeness (QED) is 0.210. The monoisotopic (exact) mass is 440 g/mol. The van der Waals surface area contributed by atoms with Crippen LogP contribution in [-0.2, 0) is 28.8 Å². The number of carbonyl (C=O) groups excluding carboxylic acids is 6. The first-order chi connectivity index (χ1) is 14.0. The van der Waals surface area contributed by atoms with Crippen LogP contribution in [0.3, 0.4) is 0 Å². The first-order valence-electron chi connectivity index (χ1n) is 9.72. The number of hydrogen-bond donors (Lipinski definition) is 3. The predicted octanol–water partition coefficient (Wildman–Crippen LogP) is -0.611. The van der Waals surface area contributed by atoms with E-state index in [1.807, 2.05) is 9.24 Å². The van der Waals surface area contributed by atoms with Crippen LogP contribution in [0, 0.1) is 0 Å². The highest BCUT2D eigenvalue weighted by Crippen LogP contribution is 2.10. The van der Waals surface area contributed by atoms with E-state index in [0.717, 1.165) is 4.90 Å². The SMILES string of the molecule is CC1=CC(=O)N(CCNC(=O)CCCCC(=O)NC(C)C(=O)NC(C)C(=O)P)C1=O. The molecule has 3 unspecified atom stereocenters. The molecule has 1 aliphatic heterocycles. The molecule has 3 N–H and O–H groups in total. The molecule has 11 heteroatoms. The maximum atomic E-state index is 11.9. The topological polar surface area (TPSA) is 142 Å². The molecule has 0 saturated carbocycles. The van der Waals surface area contributed by atoms with Crippen molar-refractivity contribution in [3.8, 4) is 0 Å². The van der Waals surface area contributed by atoms with Crippen LogP contribution in [0.2, 0.25) is 0 Å². The van der Waals surface area contributed by atoms with Crippen molar-refractivity contribution >= 4 is 44.3 Å². The minimum absolute atomic E-state index is 0.112. The van der Waals surface area contributed by atoms with Gasteiger partial charge in [-0.3, -0.25) is 33.7 Å². The molecule has 5 amide bonds. The lowest BCUT2D eigenvalue weighted by atomic mass is 10.1. The highest BCUT2D eigenvalue weighted by Gasteiger charge is 2.27.